The first-order chi connectivity index (χ1) is 11.4. The van der Waals surface area contributed by atoms with Crippen LogP contribution in [0.1, 0.15) is 22.3 Å². The van der Waals surface area contributed by atoms with Crippen LogP contribution < -0.4 is 15.6 Å². The molecule has 0 fully saturated rings. The first-order valence-corrected chi connectivity index (χ1v) is 9.27. The predicted molar refractivity (Wildman–Crippen MR) is 92.4 cm³/mol. The van der Waals surface area contributed by atoms with Crippen molar-refractivity contribution in [3.05, 3.63) is 58.6 Å². The number of amides is 1. The number of anilines is 1. The van der Waals surface area contributed by atoms with Crippen molar-refractivity contribution in [3.8, 4) is 0 Å². The third kappa shape index (κ3) is 3.38. The van der Waals surface area contributed by atoms with E-state index in [0.29, 0.717) is 6.54 Å². The SMILES string of the molecule is NS(=O)(=O)c1cc(C(=O)NN2CCCc3ccccc32)ccc1Cl. The van der Waals surface area contributed by atoms with Gasteiger partial charge < -0.3 is 0 Å². The number of para-hydroxylation sites is 1. The highest BCUT2D eigenvalue weighted by Crippen LogP contribution is 2.26. The van der Waals surface area contributed by atoms with Crippen molar-refractivity contribution in [2.24, 2.45) is 5.14 Å². The highest BCUT2D eigenvalue weighted by molar-refractivity contribution is 7.89. The number of hydrogen-bond acceptors (Lipinski definition) is 4. The van der Waals surface area contributed by atoms with E-state index < -0.39 is 15.9 Å². The van der Waals surface area contributed by atoms with Crippen molar-refractivity contribution in [2.45, 2.75) is 17.7 Å². The van der Waals surface area contributed by atoms with Gasteiger partial charge in [0.05, 0.1) is 10.7 Å². The second kappa shape index (κ2) is 6.43. The molecule has 0 atom stereocenters. The smallest absolute Gasteiger partial charge is 0.269 e. The topological polar surface area (TPSA) is 92.5 Å². The maximum Gasteiger partial charge on any atom is 0.269 e. The van der Waals surface area contributed by atoms with E-state index in [1.54, 1.807) is 5.01 Å². The van der Waals surface area contributed by atoms with Gasteiger partial charge >= 0.3 is 0 Å². The number of hydrazine groups is 1. The van der Waals surface area contributed by atoms with Gasteiger partial charge in [-0.1, -0.05) is 29.8 Å². The maximum absolute atomic E-state index is 12.5. The molecule has 8 heteroatoms. The van der Waals surface area contributed by atoms with Gasteiger partial charge in [0, 0.05) is 12.1 Å². The lowest BCUT2D eigenvalue weighted by atomic mass is 10.0. The lowest BCUT2D eigenvalue weighted by molar-refractivity contribution is 0.0948. The summed E-state index contributed by atoms with van der Waals surface area (Å²) in [6.07, 6.45) is 1.87. The summed E-state index contributed by atoms with van der Waals surface area (Å²) < 4.78 is 23.1. The molecule has 0 saturated carbocycles. The first kappa shape index (κ1) is 16.8. The van der Waals surface area contributed by atoms with E-state index >= 15 is 0 Å². The van der Waals surface area contributed by atoms with Gasteiger partial charge in [0.25, 0.3) is 5.91 Å². The number of aryl methyl sites for hydroxylation is 1. The van der Waals surface area contributed by atoms with Gasteiger partial charge in [-0.15, -0.1) is 0 Å². The zero-order valence-corrected chi connectivity index (χ0v) is 14.3. The van der Waals surface area contributed by atoms with Crippen LogP contribution in [0.15, 0.2) is 47.4 Å². The Bertz CT molecular complexity index is 899. The minimum atomic E-state index is -4.00. The fraction of sp³-hybridized carbons (Fsp3) is 0.188. The fourth-order valence-corrected chi connectivity index (χ4v) is 3.77. The number of carbonyl (C=O) groups excluding carboxylic acids is 1. The van der Waals surface area contributed by atoms with Crippen LogP contribution in [0, 0.1) is 0 Å². The third-order valence-corrected chi connectivity index (χ3v) is 5.24. The predicted octanol–water partition coefficient (Wildman–Crippen LogP) is 2.09. The van der Waals surface area contributed by atoms with E-state index in [2.05, 4.69) is 5.43 Å². The molecular weight excluding hydrogens is 350 g/mol. The second-order valence-corrected chi connectivity index (χ2v) is 7.45. The van der Waals surface area contributed by atoms with Gasteiger partial charge in [0.2, 0.25) is 10.0 Å². The van der Waals surface area contributed by atoms with Gasteiger partial charge in [0.1, 0.15) is 4.90 Å². The molecule has 0 radical (unpaired) electrons. The summed E-state index contributed by atoms with van der Waals surface area (Å²) in [6.45, 7) is 0.679. The molecule has 0 bridgehead atoms. The van der Waals surface area contributed by atoms with E-state index in [-0.39, 0.29) is 15.5 Å². The Labute approximate surface area is 145 Å². The molecule has 1 aliphatic heterocycles. The number of primary sulfonamides is 1. The Kier molecular flexibility index (Phi) is 4.49. The molecule has 2 aromatic carbocycles. The molecule has 1 heterocycles. The number of sulfonamides is 1. The molecule has 0 aliphatic carbocycles. The molecule has 24 heavy (non-hydrogen) atoms. The Hall–Kier alpha value is -2.09. The van der Waals surface area contributed by atoms with Crippen LogP contribution in [0.2, 0.25) is 5.02 Å². The Morgan fingerprint density at radius 1 is 1.21 bits per heavy atom. The molecule has 126 valence electrons. The lowest BCUT2D eigenvalue weighted by Crippen LogP contribution is -2.45. The van der Waals surface area contributed by atoms with Crippen LogP contribution in [0.4, 0.5) is 5.69 Å². The molecule has 3 rings (SSSR count). The molecule has 0 spiro atoms. The third-order valence-electron chi connectivity index (χ3n) is 3.85. The average molecular weight is 366 g/mol. The Morgan fingerprint density at radius 2 is 1.96 bits per heavy atom. The highest BCUT2D eigenvalue weighted by Gasteiger charge is 2.20. The molecule has 2 aromatic rings. The van der Waals surface area contributed by atoms with Crippen LogP contribution in [-0.2, 0) is 16.4 Å². The Balaban J connectivity index is 1.87. The van der Waals surface area contributed by atoms with Crippen molar-refractivity contribution in [3.63, 3.8) is 0 Å². The zero-order valence-electron chi connectivity index (χ0n) is 12.7. The quantitative estimate of drug-likeness (QED) is 0.871. The van der Waals surface area contributed by atoms with Crippen molar-refractivity contribution < 1.29 is 13.2 Å². The number of halogens is 1. The number of benzene rings is 2. The van der Waals surface area contributed by atoms with Gasteiger partial charge in [-0.3, -0.25) is 15.2 Å². The number of fused-ring (bicyclic) bond motifs is 1. The number of nitrogens with two attached hydrogens (primary N) is 1. The zero-order chi connectivity index (χ0) is 17.3. The molecule has 6 nitrogen and oxygen atoms in total. The highest BCUT2D eigenvalue weighted by atomic mass is 35.5. The standard InChI is InChI=1S/C16H16ClN3O3S/c17-13-8-7-12(10-15(13)24(18,22)23)16(21)19-20-9-3-5-11-4-1-2-6-14(11)20/h1-2,4,6-8,10H,3,5,9H2,(H,19,21)(H2,18,22,23). The number of nitrogens with one attached hydrogen (secondary N) is 1. The molecule has 0 aromatic heterocycles. The first-order valence-electron chi connectivity index (χ1n) is 7.35. The van der Waals surface area contributed by atoms with Gasteiger partial charge in [-0.2, -0.15) is 0 Å². The van der Waals surface area contributed by atoms with Crippen LogP contribution in [0.5, 0.6) is 0 Å². The van der Waals surface area contributed by atoms with Crippen LogP contribution in [-0.4, -0.2) is 20.9 Å². The largest absolute Gasteiger partial charge is 0.285 e. The van der Waals surface area contributed by atoms with Crippen LogP contribution in [0.3, 0.4) is 0 Å². The summed E-state index contributed by atoms with van der Waals surface area (Å²) in [5.74, 6) is -0.423. The minimum absolute atomic E-state index is 0.0163. The number of nitrogens with zero attached hydrogens (tertiary/aromatic N) is 1. The summed E-state index contributed by atoms with van der Waals surface area (Å²) in [5, 5.41) is 6.87. The van der Waals surface area contributed by atoms with Crippen molar-refractivity contribution in [1.29, 1.82) is 0 Å². The second-order valence-electron chi connectivity index (χ2n) is 5.52. The molecule has 0 saturated heterocycles. The van der Waals surface area contributed by atoms with Crippen molar-refractivity contribution >= 4 is 33.2 Å². The summed E-state index contributed by atoms with van der Waals surface area (Å²) in [6, 6.07) is 11.8. The molecule has 1 amide bonds. The van der Waals surface area contributed by atoms with E-state index in [1.165, 1.54) is 18.2 Å². The molecule has 3 N–H and O–H groups in total. The van der Waals surface area contributed by atoms with Crippen LogP contribution >= 0.6 is 11.6 Å². The average Bonchev–Trinajstić information content (AvgIpc) is 2.54. The van der Waals surface area contributed by atoms with Gasteiger partial charge in [0.15, 0.2) is 0 Å². The van der Waals surface area contributed by atoms with E-state index in [9.17, 15) is 13.2 Å². The van der Waals surface area contributed by atoms with Crippen molar-refractivity contribution in [2.75, 3.05) is 11.6 Å². The minimum Gasteiger partial charge on any atom is -0.285 e. The molecule has 0 unspecified atom stereocenters. The molecule has 1 aliphatic rings. The van der Waals surface area contributed by atoms with E-state index in [1.807, 2.05) is 24.3 Å². The lowest BCUT2D eigenvalue weighted by Gasteiger charge is -2.31. The van der Waals surface area contributed by atoms with Crippen molar-refractivity contribution in [1.82, 2.24) is 5.43 Å². The number of hydrogen-bond donors (Lipinski definition) is 2. The Morgan fingerprint density at radius 3 is 2.71 bits per heavy atom. The number of rotatable bonds is 3. The summed E-state index contributed by atoms with van der Waals surface area (Å²) in [5.41, 5.74) is 5.08. The summed E-state index contributed by atoms with van der Waals surface area (Å²) in [7, 11) is -4.00. The van der Waals surface area contributed by atoms with E-state index in [4.69, 9.17) is 16.7 Å². The normalized spacial score (nSPS) is 14.2. The van der Waals surface area contributed by atoms with Gasteiger partial charge in [-0.05, 0) is 42.7 Å². The maximum atomic E-state index is 12.5. The summed E-state index contributed by atoms with van der Waals surface area (Å²) in [4.78, 5) is 12.2. The molecular formula is C16H16ClN3O3S. The van der Waals surface area contributed by atoms with Crippen LogP contribution in [0.25, 0.3) is 0 Å². The number of carbonyl (C=O) groups is 1. The summed E-state index contributed by atoms with van der Waals surface area (Å²) >= 11 is 5.84. The van der Waals surface area contributed by atoms with Gasteiger partial charge in [-0.25, -0.2) is 13.6 Å². The monoisotopic (exact) mass is 365 g/mol. The van der Waals surface area contributed by atoms with E-state index in [0.717, 1.165) is 24.1 Å². The fourth-order valence-electron chi connectivity index (χ4n) is 2.70.